The number of carboxylic acids is 2. The Labute approximate surface area is 283 Å². The Morgan fingerprint density at radius 2 is 1.00 bits per heavy atom. The summed E-state index contributed by atoms with van der Waals surface area (Å²) in [6.07, 6.45) is 8.72. The quantitative estimate of drug-likeness (QED) is 0.120. The first-order valence-electron chi connectivity index (χ1n) is 15.6. The van der Waals surface area contributed by atoms with E-state index in [2.05, 4.69) is 58.8 Å². The molecule has 14 heteroatoms. The van der Waals surface area contributed by atoms with Crippen molar-refractivity contribution in [3.05, 3.63) is 60.2 Å². The summed E-state index contributed by atoms with van der Waals surface area (Å²) in [6.45, 7) is 12.4. The van der Waals surface area contributed by atoms with Gasteiger partial charge in [-0.3, -0.25) is 9.97 Å². The number of aliphatic hydroxyl groups is 4. The van der Waals surface area contributed by atoms with Crippen LogP contribution in [-0.2, 0) is 9.59 Å². The Morgan fingerprint density at radius 1 is 0.667 bits per heavy atom. The molecule has 48 heavy (non-hydrogen) atoms. The number of pyridine rings is 2. The van der Waals surface area contributed by atoms with Crippen molar-refractivity contribution in [2.45, 2.75) is 103 Å². The van der Waals surface area contributed by atoms with Crippen LogP contribution >= 0.6 is 0 Å². The molecule has 2 unspecified atom stereocenters. The van der Waals surface area contributed by atoms with Gasteiger partial charge in [-0.15, -0.1) is 0 Å². The molecular weight excluding hydrogens is 624 g/mol. The van der Waals surface area contributed by atoms with Gasteiger partial charge in [0.2, 0.25) is 0 Å². The van der Waals surface area contributed by atoms with Gasteiger partial charge in [0.25, 0.3) is 0 Å². The molecular formula is C34H54N4O10. The lowest BCUT2D eigenvalue weighted by Gasteiger charge is -2.21. The molecule has 0 radical (unpaired) electrons. The highest BCUT2D eigenvalue weighted by Crippen LogP contribution is 2.15. The molecule has 2 heterocycles. The average molecular weight is 679 g/mol. The molecule has 2 aromatic heterocycles. The summed E-state index contributed by atoms with van der Waals surface area (Å²) in [5.74, 6) is -2.03. The number of nitrogens with one attached hydrogen (secondary N) is 2. The summed E-state index contributed by atoms with van der Waals surface area (Å²) < 4.78 is 11.2. The van der Waals surface area contributed by atoms with Gasteiger partial charge in [0.05, 0.1) is 24.6 Å². The maximum Gasteiger partial charge on any atom is 0.335 e. The van der Waals surface area contributed by atoms with Crippen LogP contribution in [0.25, 0.3) is 12.2 Å². The van der Waals surface area contributed by atoms with Crippen LogP contribution in [-0.4, -0.2) is 115 Å². The van der Waals surface area contributed by atoms with Gasteiger partial charge in [-0.2, -0.15) is 0 Å². The van der Waals surface area contributed by atoms with Gasteiger partial charge >= 0.3 is 11.9 Å². The van der Waals surface area contributed by atoms with Gasteiger partial charge < -0.3 is 50.7 Å². The van der Waals surface area contributed by atoms with Crippen LogP contribution < -0.4 is 20.1 Å². The Bertz CT molecular complexity index is 1160. The number of ether oxygens (including phenoxy) is 2. The molecule has 0 bridgehead atoms. The van der Waals surface area contributed by atoms with E-state index < -0.39 is 36.4 Å². The summed E-state index contributed by atoms with van der Waals surface area (Å²) in [4.78, 5) is 28.5. The van der Waals surface area contributed by atoms with Crippen molar-refractivity contribution in [3.8, 4) is 11.5 Å². The van der Waals surface area contributed by atoms with E-state index in [1.807, 2.05) is 66.3 Å². The molecule has 6 atom stereocenters. The van der Waals surface area contributed by atoms with Crippen molar-refractivity contribution in [1.82, 2.24) is 20.6 Å². The molecule has 0 saturated carbocycles. The van der Waals surface area contributed by atoms with E-state index in [1.54, 1.807) is 12.4 Å². The summed E-state index contributed by atoms with van der Waals surface area (Å²) in [7, 11) is 3.94. The van der Waals surface area contributed by atoms with Crippen LogP contribution in [0.1, 0.15) is 65.5 Å². The second-order valence-electron chi connectivity index (χ2n) is 11.4. The lowest BCUT2D eigenvalue weighted by Crippen LogP contribution is -2.49. The highest BCUT2D eigenvalue weighted by Gasteiger charge is 2.37. The van der Waals surface area contributed by atoms with Crippen LogP contribution in [0.3, 0.4) is 0 Å². The van der Waals surface area contributed by atoms with Crippen LogP contribution in [0.5, 0.6) is 11.5 Å². The largest absolute Gasteiger partial charge is 0.489 e. The van der Waals surface area contributed by atoms with E-state index in [1.165, 1.54) is 0 Å². The maximum absolute atomic E-state index is 10.1. The number of carboxylic acid groups (broad SMARTS) is 2. The van der Waals surface area contributed by atoms with E-state index in [0.29, 0.717) is 12.1 Å². The second-order valence-corrected chi connectivity index (χ2v) is 11.4. The number of hydrogen-bond acceptors (Lipinski definition) is 12. The fourth-order valence-electron chi connectivity index (χ4n) is 3.44. The number of aliphatic carboxylic acids is 2. The van der Waals surface area contributed by atoms with Crippen LogP contribution in [0.15, 0.2) is 49.1 Å². The third-order valence-electron chi connectivity index (χ3n) is 6.30. The fourth-order valence-corrected chi connectivity index (χ4v) is 3.44. The Morgan fingerprint density at radius 3 is 1.27 bits per heavy atom. The molecule has 0 fully saturated rings. The smallest absolute Gasteiger partial charge is 0.335 e. The summed E-state index contributed by atoms with van der Waals surface area (Å²) in [5.41, 5.74) is 2.15. The molecule has 270 valence electrons. The Balaban J connectivity index is 0.000000695. The maximum atomic E-state index is 10.1. The third-order valence-corrected chi connectivity index (χ3v) is 6.30. The minimum atomic E-state index is -2.36. The van der Waals surface area contributed by atoms with E-state index in [9.17, 15) is 9.59 Å². The number of carbonyl (C=O) groups is 2. The zero-order valence-electron chi connectivity index (χ0n) is 29.0. The first kappa shape index (κ1) is 44.1. The first-order chi connectivity index (χ1) is 22.5. The highest BCUT2D eigenvalue weighted by molar-refractivity contribution is 5.75. The molecule has 0 saturated heterocycles. The molecule has 0 spiro atoms. The Kier molecular flexibility index (Phi) is 22.3. The zero-order valence-corrected chi connectivity index (χ0v) is 29.0. The van der Waals surface area contributed by atoms with Gasteiger partial charge in [0.1, 0.15) is 23.7 Å². The predicted octanol–water partition coefficient (Wildman–Crippen LogP) is 2.36. The van der Waals surface area contributed by atoms with Gasteiger partial charge in [0, 0.05) is 24.5 Å². The highest BCUT2D eigenvalue weighted by atomic mass is 16.5. The van der Waals surface area contributed by atoms with Crippen molar-refractivity contribution < 1.29 is 49.7 Å². The van der Waals surface area contributed by atoms with Crippen LogP contribution in [0, 0.1) is 0 Å². The van der Waals surface area contributed by atoms with Crippen molar-refractivity contribution >= 4 is 24.1 Å². The molecule has 0 aliphatic heterocycles. The minimum Gasteiger partial charge on any atom is -0.489 e. The standard InChI is InChI=1S/2C14H22N2O.C6H10O8/c2*1-11(2)17-14-8-13(9-16-10-14)7-5-6-12(3)15-4;7-1(3(9)5(11)12)2(8)4(10)6(13)14/h2*5,7-12,15H,6H2,1-4H3;1-4,7-10H,(H,11,12)(H,13,14)/b2*7-5+;/t;;1-,2+,3+,4-. The van der Waals surface area contributed by atoms with Crippen LogP contribution in [0.2, 0.25) is 0 Å². The molecule has 0 amide bonds. The zero-order chi connectivity index (χ0) is 36.8. The number of nitrogens with zero attached hydrogens (tertiary/aromatic N) is 2. The fraction of sp³-hybridized carbons (Fsp3) is 0.529. The number of aromatic nitrogens is 2. The van der Waals surface area contributed by atoms with Gasteiger partial charge in [0.15, 0.2) is 12.2 Å². The monoisotopic (exact) mass is 678 g/mol. The first-order valence-corrected chi connectivity index (χ1v) is 15.6. The predicted molar refractivity (Wildman–Crippen MR) is 184 cm³/mol. The number of aliphatic hydroxyl groups excluding tert-OH is 4. The molecule has 8 N–H and O–H groups in total. The summed E-state index contributed by atoms with van der Waals surface area (Å²) in [6, 6.07) is 5.00. The minimum absolute atomic E-state index is 0.181. The van der Waals surface area contributed by atoms with Crippen molar-refractivity contribution in [2.24, 2.45) is 0 Å². The molecule has 0 aromatic carbocycles. The van der Waals surface area contributed by atoms with Crippen molar-refractivity contribution in [3.63, 3.8) is 0 Å². The molecule has 2 rings (SSSR count). The molecule has 0 aliphatic carbocycles. The lowest BCUT2D eigenvalue weighted by molar-refractivity contribution is -0.172. The number of rotatable bonds is 17. The number of hydrogen-bond donors (Lipinski definition) is 8. The van der Waals surface area contributed by atoms with E-state index in [4.69, 9.17) is 40.1 Å². The average Bonchev–Trinajstić information content (AvgIpc) is 3.03. The molecule has 0 aliphatic rings. The van der Waals surface area contributed by atoms with Gasteiger partial charge in [-0.25, -0.2) is 9.59 Å². The van der Waals surface area contributed by atoms with E-state index >= 15 is 0 Å². The van der Waals surface area contributed by atoms with E-state index in [-0.39, 0.29) is 12.2 Å². The second kappa shape index (κ2) is 24.3. The normalized spacial score (nSPS) is 15.0. The van der Waals surface area contributed by atoms with Crippen molar-refractivity contribution in [2.75, 3.05) is 14.1 Å². The van der Waals surface area contributed by atoms with E-state index in [0.717, 1.165) is 35.5 Å². The Hall–Kier alpha value is -3.92. The van der Waals surface area contributed by atoms with Crippen LogP contribution in [0.4, 0.5) is 0 Å². The molecule has 2 aromatic rings. The summed E-state index contributed by atoms with van der Waals surface area (Å²) >= 11 is 0. The SMILES string of the molecule is CNC(C)C/C=C/c1cncc(OC(C)C)c1.CNC(C)C/C=C/c1cncc(OC(C)C)c1.O=C(O)[C@@H](O)[C@H](O)[C@H](O)[C@@H](O)C(=O)O. The van der Waals surface area contributed by atoms with Gasteiger partial charge in [-0.1, -0.05) is 24.3 Å². The molecule has 14 nitrogen and oxygen atoms in total. The lowest BCUT2D eigenvalue weighted by atomic mass is 10.0. The summed E-state index contributed by atoms with van der Waals surface area (Å²) in [5, 5.41) is 57.8. The topological polar surface area (TPSA) is 224 Å². The van der Waals surface area contributed by atoms with Gasteiger partial charge in [-0.05, 0) is 91.7 Å². The van der Waals surface area contributed by atoms with Crippen molar-refractivity contribution in [1.29, 1.82) is 0 Å². The third kappa shape index (κ3) is 19.7.